The van der Waals surface area contributed by atoms with Crippen LogP contribution in [0.15, 0.2) is 4.99 Å². The van der Waals surface area contributed by atoms with Crippen molar-refractivity contribution in [3.8, 4) is 0 Å². The van der Waals surface area contributed by atoms with Crippen LogP contribution in [0.25, 0.3) is 0 Å². The Kier molecular flexibility index (Phi) is 2.77. The Balaban J connectivity index is 3.14. The molecule has 0 radical (unpaired) electrons. The van der Waals surface area contributed by atoms with E-state index in [0.29, 0.717) is 6.29 Å². The molecule has 1 unspecified atom stereocenters. The fraction of sp³-hybridized carbons (Fsp3) is 0.500. The van der Waals surface area contributed by atoms with Crippen molar-refractivity contribution in [2.24, 2.45) is 16.5 Å². The first-order valence-electron chi connectivity index (χ1n) is 1.53. The van der Waals surface area contributed by atoms with Crippen molar-refractivity contribution in [3.05, 3.63) is 0 Å². The molecule has 4 N–H and O–H groups in total. The molecular formula is C2H8N3P. The topological polar surface area (TPSA) is 64.4 Å². The van der Waals surface area contributed by atoms with Gasteiger partial charge >= 0.3 is 0 Å². The summed E-state index contributed by atoms with van der Waals surface area (Å²) in [4.78, 5) is 3.56. The van der Waals surface area contributed by atoms with Gasteiger partial charge in [0.25, 0.3) is 0 Å². The van der Waals surface area contributed by atoms with Crippen molar-refractivity contribution in [2.75, 3.05) is 6.29 Å². The molecule has 0 aromatic heterocycles. The smallest absolute Gasteiger partial charge is 0.186 e. The molecule has 0 bridgehead atoms. The monoisotopic (exact) mass is 105 g/mol. The highest BCUT2D eigenvalue weighted by Gasteiger charge is 1.68. The average molecular weight is 105 g/mol. The van der Waals surface area contributed by atoms with E-state index in [9.17, 15) is 0 Å². The first-order valence-corrected chi connectivity index (χ1v) is 2.34. The first kappa shape index (κ1) is 5.70. The second-order valence-electron chi connectivity index (χ2n) is 0.766. The van der Waals surface area contributed by atoms with Gasteiger partial charge in [-0.15, -0.1) is 9.24 Å². The van der Waals surface area contributed by atoms with E-state index in [1.165, 1.54) is 0 Å². The Morgan fingerprint density at radius 2 is 2.17 bits per heavy atom. The lowest BCUT2D eigenvalue weighted by Crippen LogP contribution is -2.22. The summed E-state index contributed by atoms with van der Waals surface area (Å²) in [6.07, 6.45) is 0.586. The van der Waals surface area contributed by atoms with Gasteiger partial charge in [-0.2, -0.15) is 0 Å². The second kappa shape index (κ2) is 2.91. The molecule has 0 saturated carbocycles. The highest BCUT2D eigenvalue weighted by Crippen LogP contribution is 1.76. The van der Waals surface area contributed by atoms with E-state index >= 15 is 0 Å². The van der Waals surface area contributed by atoms with Gasteiger partial charge in [0.1, 0.15) is 0 Å². The summed E-state index contributed by atoms with van der Waals surface area (Å²) in [6.45, 7) is 0. The Morgan fingerprint density at radius 3 is 2.17 bits per heavy atom. The van der Waals surface area contributed by atoms with E-state index in [-0.39, 0.29) is 5.96 Å². The van der Waals surface area contributed by atoms with Crippen LogP contribution < -0.4 is 11.5 Å². The number of guanidine groups is 1. The molecule has 0 aliphatic carbocycles. The summed E-state index contributed by atoms with van der Waals surface area (Å²) < 4.78 is 0. The molecular weight excluding hydrogens is 97.0 g/mol. The van der Waals surface area contributed by atoms with E-state index < -0.39 is 0 Å². The van der Waals surface area contributed by atoms with Crippen molar-refractivity contribution < 1.29 is 0 Å². The Labute approximate surface area is 39.0 Å². The van der Waals surface area contributed by atoms with Crippen LogP contribution in [0.1, 0.15) is 0 Å². The van der Waals surface area contributed by atoms with Crippen molar-refractivity contribution in [3.63, 3.8) is 0 Å². The van der Waals surface area contributed by atoms with Gasteiger partial charge in [-0.25, -0.2) is 4.99 Å². The maximum absolute atomic E-state index is 4.92. The van der Waals surface area contributed by atoms with Crippen LogP contribution >= 0.6 is 9.24 Å². The van der Waals surface area contributed by atoms with Crippen molar-refractivity contribution >= 4 is 15.2 Å². The summed E-state index contributed by atoms with van der Waals surface area (Å²) in [7, 11) is 2.38. The van der Waals surface area contributed by atoms with E-state index in [2.05, 4.69) is 14.2 Å². The molecule has 0 saturated heterocycles. The molecule has 0 aliphatic heterocycles. The molecule has 36 valence electrons. The second-order valence-corrected chi connectivity index (χ2v) is 1.13. The highest BCUT2D eigenvalue weighted by molar-refractivity contribution is 7.16. The number of hydrogen-bond acceptors (Lipinski definition) is 1. The number of hydrogen-bond donors (Lipinski definition) is 2. The average Bonchev–Trinajstić information content (AvgIpc) is 1.35. The van der Waals surface area contributed by atoms with Gasteiger partial charge < -0.3 is 11.5 Å². The van der Waals surface area contributed by atoms with Crippen molar-refractivity contribution in [1.29, 1.82) is 0 Å². The molecule has 0 aromatic carbocycles. The lowest BCUT2D eigenvalue weighted by atomic mass is 11.1. The van der Waals surface area contributed by atoms with Crippen molar-refractivity contribution in [2.45, 2.75) is 0 Å². The van der Waals surface area contributed by atoms with Gasteiger partial charge in [-0.3, -0.25) is 0 Å². The third kappa shape index (κ3) is 3.70. The zero-order valence-electron chi connectivity index (χ0n) is 3.39. The maximum atomic E-state index is 4.92. The van der Waals surface area contributed by atoms with E-state index in [4.69, 9.17) is 11.5 Å². The molecule has 0 fully saturated rings. The fourth-order valence-electron chi connectivity index (χ4n) is 0.105. The highest BCUT2D eigenvalue weighted by atomic mass is 31.0. The molecule has 1 atom stereocenters. The number of aliphatic imine (C=N–C) groups is 1. The lowest BCUT2D eigenvalue weighted by molar-refractivity contribution is 1.32. The van der Waals surface area contributed by atoms with Crippen LogP contribution in [0.5, 0.6) is 0 Å². The number of rotatable bonds is 1. The standard InChI is InChI=1S/C2H8N3P/c3-2(4)5-1-6/h1,6H2,(H4,3,4,5). The third-order valence-corrected chi connectivity index (χ3v) is 0.456. The molecule has 0 spiro atoms. The number of nitrogens with zero attached hydrogens (tertiary/aromatic N) is 1. The Bertz CT molecular complexity index is 55.8. The Hall–Kier alpha value is -0.300. The first-order chi connectivity index (χ1) is 2.77. The summed E-state index contributed by atoms with van der Waals surface area (Å²) in [5, 5.41) is 0. The molecule has 0 rings (SSSR count). The molecule has 0 aromatic rings. The summed E-state index contributed by atoms with van der Waals surface area (Å²) >= 11 is 0. The summed E-state index contributed by atoms with van der Waals surface area (Å²) in [5.74, 6) is 0.144. The lowest BCUT2D eigenvalue weighted by Gasteiger charge is -1.82. The predicted molar refractivity (Wildman–Crippen MR) is 30.4 cm³/mol. The van der Waals surface area contributed by atoms with Gasteiger partial charge in [0, 0.05) is 0 Å². The minimum atomic E-state index is 0.144. The number of nitrogens with two attached hydrogens (primary N) is 2. The molecule has 0 amide bonds. The van der Waals surface area contributed by atoms with Crippen LogP contribution in [0.2, 0.25) is 0 Å². The molecule has 3 nitrogen and oxygen atoms in total. The van der Waals surface area contributed by atoms with E-state index in [0.717, 1.165) is 0 Å². The predicted octanol–water partition coefficient (Wildman–Crippen LogP) is -0.908. The van der Waals surface area contributed by atoms with E-state index in [1.54, 1.807) is 0 Å². The van der Waals surface area contributed by atoms with Crippen LogP contribution in [0, 0.1) is 0 Å². The SMILES string of the molecule is NC(N)=NCP. The fourth-order valence-corrected chi connectivity index (χ4v) is 0.316. The van der Waals surface area contributed by atoms with Crippen LogP contribution in [-0.4, -0.2) is 12.2 Å². The zero-order chi connectivity index (χ0) is 4.99. The van der Waals surface area contributed by atoms with Gasteiger partial charge in [-0.05, 0) is 0 Å². The van der Waals surface area contributed by atoms with Crippen LogP contribution in [0.3, 0.4) is 0 Å². The quantitative estimate of drug-likeness (QED) is 0.257. The minimum Gasteiger partial charge on any atom is -0.370 e. The van der Waals surface area contributed by atoms with Crippen LogP contribution in [-0.2, 0) is 0 Å². The summed E-state index contributed by atoms with van der Waals surface area (Å²) in [6, 6.07) is 0. The molecule has 0 aliphatic rings. The largest absolute Gasteiger partial charge is 0.370 e. The van der Waals surface area contributed by atoms with Gasteiger partial charge in [-0.1, -0.05) is 0 Å². The van der Waals surface area contributed by atoms with Gasteiger partial charge in [0.2, 0.25) is 0 Å². The van der Waals surface area contributed by atoms with Gasteiger partial charge in [0.05, 0.1) is 6.29 Å². The van der Waals surface area contributed by atoms with Crippen LogP contribution in [0.4, 0.5) is 0 Å². The molecule has 4 heteroatoms. The van der Waals surface area contributed by atoms with Crippen molar-refractivity contribution in [1.82, 2.24) is 0 Å². The molecule has 0 heterocycles. The zero-order valence-corrected chi connectivity index (χ0v) is 4.54. The maximum Gasteiger partial charge on any atom is 0.186 e. The normalized spacial score (nSPS) is 7.50. The summed E-state index contributed by atoms with van der Waals surface area (Å²) in [5.41, 5.74) is 9.83. The third-order valence-electron chi connectivity index (χ3n) is 0.274. The Morgan fingerprint density at radius 1 is 1.67 bits per heavy atom. The van der Waals surface area contributed by atoms with Gasteiger partial charge in [0.15, 0.2) is 5.96 Å². The van der Waals surface area contributed by atoms with E-state index in [1.807, 2.05) is 0 Å². The molecule has 6 heavy (non-hydrogen) atoms. The minimum absolute atomic E-state index is 0.144.